The highest BCUT2D eigenvalue weighted by molar-refractivity contribution is 7.89. The number of methoxy groups -OCH3 is 1. The predicted molar refractivity (Wildman–Crippen MR) is 99.2 cm³/mol. The Hall–Kier alpha value is -2.85. The van der Waals surface area contributed by atoms with Crippen LogP contribution in [0, 0.1) is 6.92 Å². The maximum atomic E-state index is 13.0. The number of benzene rings is 1. The van der Waals surface area contributed by atoms with Crippen molar-refractivity contribution in [2.45, 2.75) is 24.2 Å². The molecule has 1 saturated heterocycles. The van der Waals surface area contributed by atoms with Crippen molar-refractivity contribution >= 4 is 10.0 Å². The molecule has 0 amide bonds. The lowest BCUT2D eigenvalue weighted by Crippen LogP contribution is -2.28. The standard InChI is InChI=1S/C18H19N5O4S/c1-12-21-18(22-27-12)16-9-19-11-20-17(16)13-7-8-23(10-13)28(24,25)15-5-3-14(26-2)4-6-15/h3-6,9,11,13H,7-8,10H2,1-2H3/t13-/m1/s1. The van der Waals surface area contributed by atoms with Crippen molar-refractivity contribution in [3.8, 4) is 17.1 Å². The average Bonchev–Trinajstić information content (AvgIpc) is 3.38. The third-order valence-electron chi connectivity index (χ3n) is 4.75. The van der Waals surface area contributed by atoms with Crippen molar-refractivity contribution in [3.63, 3.8) is 0 Å². The Balaban J connectivity index is 1.59. The van der Waals surface area contributed by atoms with Gasteiger partial charge in [0.2, 0.25) is 21.7 Å². The summed E-state index contributed by atoms with van der Waals surface area (Å²) < 4.78 is 37.6. The van der Waals surface area contributed by atoms with E-state index in [1.165, 1.54) is 10.6 Å². The molecule has 28 heavy (non-hydrogen) atoms. The maximum Gasteiger partial charge on any atom is 0.243 e. The van der Waals surface area contributed by atoms with Crippen molar-refractivity contribution in [1.82, 2.24) is 24.4 Å². The van der Waals surface area contributed by atoms with Gasteiger partial charge in [0.1, 0.15) is 12.1 Å². The molecule has 9 nitrogen and oxygen atoms in total. The van der Waals surface area contributed by atoms with E-state index in [4.69, 9.17) is 9.26 Å². The number of rotatable bonds is 5. The quantitative estimate of drug-likeness (QED) is 0.638. The summed E-state index contributed by atoms with van der Waals surface area (Å²) in [7, 11) is -2.05. The van der Waals surface area contributed by atoms with Crippen LogP contribution < -0.4 is 4.74 Å². The first-order chi connectivity index (χ1) is 13.5. The second-order valence-electron chi connectivity index (χ2n) is 6.48. The molecule has 4 rings (SSSR count). The van der Waals surface area contributed by atoms with Crippen LogP contribution in [0.2, 0.25) is 0 Å². The SMILES string of the molecule is COc1ccc(S(=O)(=O)N2CC[C@@H](c3ncncc3-c3noc(C)n3)C2)cc1. The van der Waals surface area contributed by atoms with Crippen LogP contribution in [-0.4, -0.2) is 53.0 Å². The summed E-state index contributed by atoms with van der Waals surface area (Å²) >= 11 is 0. The zero-order valence-corrected chi connectivity index (χ0v) is 16.3. The summed E-state index contributed by atoms with van der Waals surface area (Å²) in [6.07, 6.45) is 3.73. The minimum Gasteiger partial charge on any atom is -0.497 e. The van der Waals surface area contributed by atoms with Gasteiger partial charge in [-0.1, -0.05) is 5.16 Å². The van der Waals surface area contributed by atoms with Crippen molar-refractivity contribution < 1.29 is 17.7 Å². The molecule has 0 aliphatic carbocycles. The fourth-order valence-electron chi connectivity index (χ4n) is 3.31. The molecule has 1 aliphatic rings. The number of hydrogen-bond donors (Lipinski definition) is 0. The number of hydrogen-bond acceptors (Lipinski definition) is 8. The van der Waals surface area contributed by atoms with E-state index in [2.05, 4.69) is 20.1 Å². The van der Waals surface area contributed by atoms with Gasteiger partial charge in [0.15, 0.2) is 0 Å². The zero-order chi connectivity index (χ0) is 19.7. The molecule has 3 heterocycles. The lowest BCUT2D eigenvalue weighted by molar-refractivity contribution is 0.394. The van der Waals surface area contributed by atoms with E-state index < -0.39 is 10.0 Å². The second-order valence-corrected chi connectivity index (χ2v) is 8.42. The summed E-state index contributed by atoms with van der Waals surface area (Å²) in [5, 5.41) is 3.94. The van der Waals surface area contributed by atoms with Crippen LogP contribution in [0.5, 0.6) is 5.75 Å². The zero-order valence-electron chi connectivity index (χ0n) is 15.4. The van der Waals surface area contributed by atoms with Gasteiger partial charge in [-0.15, -0.1) is 0 Å². The minimum atomic E-state index is -3.59. The fraction of sp³-hybridized carbons (Fsp3) is 0.333. The van der Waals surface area contributed by atoms with Crippen molar-refractivity contribution in [1.29, 1.82) is 0 Å². The van der Waals surface area contributed by atoms with E-state index in [-0.39, 0.29) is 10.8 Å². The molecular formula is C18H19N5O4S. The van der Waals surface area contributed by atoms with Crippen LogP contribution in [0.1, 0.15) is 23.9 Å². The van der Waals surface area contributed by atoms with E-state index in [9.17, 15) is 8.42 Å². The Morgan fingerprint density at radius 2 is 2.04 bits per heavy atom. The fourth-order valence-corrected chi connectivity index (χ4v) is 4.81. The van der Waals surface area contributed by atoms with Gasteiger partial charge in [0.05, 0.1) is 23.3 Å². The molecule has 0 unspecified atom stereocenters. The van der Waals surface area contributed by atoms with E-state index in [1.807, 2.05) is 0 Å². The molecule has 3 aromatic rings. The molecule has 2 aromatic heterocycles. The van der Waals surface area contributed by atoms with Crippen LogP contribution in [0.4, 0.5) is 0 Å². The molecule has 1 aliphatic heterocycles. The molecule has 0 spiro atoms. The summed E-state index contributed by atoms with van der Waals surface area (Å²) in [6.45, 7) is 2.45. The van der Waals surface area contributed by atoms with Crippen molar-refractivity contribution in [2.75, 3.05) is 20.2 Å². The highest BCUT2D eigenvalue weighted by Crippen LogP contribution is 2.34. The van der Waals surface area contributed by atoms with Gasteiger partial charge >= 0.3 is 0 Å². The lowest BCUT2D eigenvalue weighted by atomic mass is 10.00. The average molecular weight is 401 g/mol. The van der Waals surface area contributed by atoms with E-state index >= 15 is 0 Å². The number of ether oxygens (including phenoxy) is 1. The normalized spacial score (nSPS) is 17.7. The second kappa shape index (κ2) is 7.28. The first-order valence-electron chi connectivity index (χ1n) is 8.74. The number of aryl methyl sites for hydroxylation is 1. The maximum absolute atomic E-state index is 13.0. The van der Waals surface area contributed by atoms with Crippen LogP contribution in [-0.2, 0) is 10.0 Å². The molecule has 0 radical (unpaired) electrons. The van der Waals surface area contributed by atoms with Gasteiger partial charge in [-0.3, -0.25) is 0 Å². The Labute approximate surface area is 162 Å². The Kier molecular flexibility index (Phi) is 4.82. The molecular weight excluding hydrogens is 382 g/mol. The first-order valence-corrected chi connectivity index (χ1v) is 10.2. The number of aromatic nitrogens is 4. The van der Waals surface area contributed by atoms with Gasteiger partial charge in [-0.05, 0) is 30.7 Å². The Bertz CT molecular complexity index is 1080. The molecule has 1 fully saturated rings. The molecule has 0 saturated carbocycles. The molecule has 1 atom stereocenters. The summed E-state index contributed by atoms with van der Waals surface area (Å²) in [5.74, 6) is 1.38. The highest BCUT2D eigenvalue weighted by Gasteiger charge is 2.35. The van der Waals surface area contributed by atoms with E-state index in [0.29, 0.717) is 42.5 Å². The van der Waals surface area contributed by atoms with Gasteiger partial charge in [0.25, 0.3) is 0 Å². The van der Waals surface area contributed by atoms with Crippen LogP contribution in [0.25, 0.3) is 11.4 Å². The van der Waals surface area contributed by atoms with Crippen molar-refractivity contribution in [3.05, 3.63) is 48.4 Å². The summed E-state index contributed by atoms with van der Waals surface area (Å²) in [6, 6.07) is 6.39. The van der Waals surface area contributed by atoms with E-state index in [0.717, 1.165) is 5.69 Å². The molecule has 10 heteroatoms. The third kappa shape index (κ3) is 3.36. The van der Waals surface area contributed by atoms with Crippen LogP contribution >= 0.6 is 0 Å². The Morgan fingerprint density at radius 3 is 2.71 bits per heavy atom. The highest BCUT2D eigenvalue weighted by atomic mass is 32.2. The van der Waals surface area contributed by atoms with Crippen LogP contribution in [0.3, 0.4) is 0 Å². The lowest BCUT2D eigenvalue weighted by Gasteiger charge is -2.17. The Morgan fingerprint density at radius 1 is 1.25 bits per heavy atom. The molecule has 0 bridgehead atoms. The summed E-state index contributed by atoms with van der Waals surface area (Å²) in [4.78, 5) is 12.9. The minimum absolute atomic E-state index is 0.0789. The number of nitrogens with zero attached hydrogens (tertiary/aromatic N) is 5. The molecule has 1 aromatic carbocycles. The first kappa shape index (κ1) is 18.5. The number of sulfonamides is 1. The molecule has 0 N–H and O–H groups in total. The van der Waals surface area contributed by atoms with Gasteiger partial charge < -0.3 is 9.26 Å². The molecule has 146 valence electrons. The third-order valence-corrected chi connectivity index (χ3v) is 6.63. The van der Waals surface area contributed by atoms with Crippen LogP contribution in [0.15, 0.2) is 46.2 Å². The van der Waals surface area contributed by atoms with Gasteiger partial charge in [-0.25, -0.2) is 18.4 Å². The monoisotopic (exact) mass is 401 g/mol. The van der Waals surface area contributed by atoms with Crippen molar-refractivity contribution in [2.24, 2.45) is 0 Å². The van der Waals surface area contributed by atoms with Gasteiger partial charge in [-0.2, -0.15) is 9.29 Å². The summed E-state index contributed by atoms with van der Waals surface area (Å²) in [5.41, 5.74) is 1.39. The topological polar surface area (TPSA) is 111 Å². The van der Waals surface area contributed by atoms with Gasteiger partial charge in [0, 0.05) is 32.1 Å². The smallest absolute Gasteiger partial charge is 0.243 e. The van der Waals surface area contributed by atoms with E-state index in [1.54, 1.807) is 44.5 Å². The predicted octanol–water partition coefficient (Wildman–Crippen LogP) is 2.02. The largest absolute Gasteiger partial charge is 0.497 e.